The van der Waals surface area contributed by atoms with Crippen LogP contribution in [0.2, 0.25) is 0 Å². The van der Waals surface area contributed by atoms with Crippen LogP contribution in [0.4, 0.5) is 0 Å². The van der Waals surface area contributed by atoms with E-state index in [1.54, 1.807) is 12.1 Å². The van der Waals surface area contributed by atoms with Gasteiger partial charge in [-0.3, -0.25) is 0 Å². The van der Waals surface area contributed by atoms with Gasteiger partial charge in [-0.1, -0.05) is 79.7 Å². The van der Waals surface area contributed by atoms with Gasteiger partial charge >= 0.3 is 5.97 Å². The van der Waals surface area contributed by atoms with Gasteiger partial charge < -0.3 is 9.47 Å². The number of ether oxygens (including phenoxy) is 2. The molecular formula is C31H27ClO3. The van der Waals surface area contributed by atoms with Crippen molar-refractivity contribution in [1.29, 1.82) is 0 Å². The molecule has 4 aromatic rings. The lowest BCUT2D eigenvalue weighted by Gasteiger charge is -2.17. The average molecular weight is 483 g/mol. The Balaban J connectivity index is 1.70. The van der Waals surface area contributed by atoms with Gasteiger partial charge in [0, 0.05) is 0 Å². The molecule has 0 radical (unpaired) electrons. The standard InChI is InChI=1S/C31H27ClO3/c1-2-29(23-9-5-3-6-10-23)30(24-13-17-27(18-14-24)34-22-21-32)25-15-19-28(20-16-25)35-31(33)26-11-7-4-8-12-26/h3-20H,2,21-22H2,1H3. The van der Waals surface area contributed by atoms with Crippen LogP contribution < -0.4 is 9.47 Å². The number of carbonyl (C=O) groups is 1. The van der Waals surface area contributed by atoms with Crippen molar-refractivity contribution in [2.24, 2.45) is 0 Å². The minimum absolute atomic E-state index is 0.375. The number of carbonyl (C=O) groups excluding carboxylic acids is 1. The van der Waals surface area contributed by atoms with Gasteiger partial charge in [0.1, 0.15) is 18.1 Å². The molecule has 0 unspecified atom stereocenters. The molecule has 0 aliphatic carbocycles. The third-order valence-corrected chi connectivity index (χ3v) is 5.78. The van der Waals surface area contributed by atoms with Crippen molar-refractivity contribution in [3.05, 3.63) is 131 Å². The van der Waals surface area contributed by atoms with E-state index >= 15 is 0 Å². The van der Waals surface area contributed by atoms with Crippen LogP contribution in [-0.2, 0) is 0 Å². The van der Waals surface area contributed by atoms with E-state index in [1.165, 1.54) is 11.1 Å². The molecule has 4 rings (SSSR count). The topological polar surface area (TPSA) is 35.5 Å². The number of halogens is 1. The zero-order valence-electron chi connectivity index (χ0n) is 19.6. The summed E-state index contributed by atoms with van der Waals surface area (Å²) in [6, 6.07) is 35.1. The molecule has 0 aliphatic heterocycles. The van der Waals surface area contributed by atoms with Crippen molar-refractivity contribution >= 4 is 28.7 Å². The summed E-state index contributed by atoms with van der Waals surface area (Å²) in [7, 11) is 0. The van der Waals surface area contributed by atoms with Crippen LogP contribution in [-0.4, -0.2) is 18.5 Å². The first kappa shape index (κ1) is 24.3. The van der Waals surface area contributed by atoms with Crippen LogP contribution in [0.15, 0.2) is 109 Å². The summed E-state index contributed by atoms with van der Waals surface area (Å²) in [5.74, 6) is 1.36. The van der Waals surface area contributed by atoms with Crippen LogP contribution in [0.25, 0.3) is 11.1 Å². The molecule has 0 fully saturated rings. The van der Waals surface area contributed by atoms with Gasteiger partial charge in [0.2, 0.25) is 0 Å². The first-order valence-corrected chi connectivity index (χ1v) is 12.2. The minimum Gasteiger partial charge on any atom is -0.492 e. The molecule has 4 aromatic carbocycles. The predicted octanol–water partition coefficient (Wildman–Crippen LogP) is 7.89. The highest BCUT2D eigenvalue weighted by Crippen LogP contribution is 2.35. The van der Waals surface area contributed by atoms with Gasteiger partial charge in [-0.25, -0.2) is 4.79 Å². The van der Waals surface area contributed by atoms with Crippen LogP contribution in [0, 0.1) is 0 Å². The number of allylic oxidation sites excluding steroid dienone is 1. The van der Waals surface area contributed by atoms with Gasteiger partial charge in [0.05, 0.1) is 11.4 Å². The van der Waals surface area contributed by atoms with E-state index in [9.17, 15) is 4.79 Å². The van der Waals surface area contributed by atoms with E-state index in [0.717, 1.165) is 28.9 Å². The maximum Gasteiger partial charge on any atom is 0.343 e. The minimum atomic E-state index is -0.375. The fourth-order valence-corrected chi connectivity index (χ4v) is 4.06. The van der Waals surface area contributed by atoms with Crippen molar-refractivity contribution in [3.63, 3.8) is 0 Å². The van der Waals surface area contributed by atoms with E-state index in [1.807, 2.05) is 60.7 Å². The monoisotopic (exact) mass is 482 g/mol. The summed E-state index contributed by atoms with van der Waals surface area (Å²) >= 11 is 5.76. The number of rotatable bonds is 9. The number of benzene rings is 4. The predicted molar refractivity (Wildman–Crippen MR) is 143 cm³/mol. The summed E-state index contributed by atoms with van der Waals surface area (Å²) < 4.78 is 11.2. The molecule has 4 heteroatoms. The van der Waals surface area contributed by atoms with E-state index in [-0.39, 0.29) is 5.97 Å². The van der Waals surface area contributed by atoms with Crippen molar-refractivity contribution in [3.8, 4) is 11.5 Å². The van der Waals surface area contributed by atoms with Crippen LogP contribution in [0.5, 0.6) is 11.5 Å². The molecule has 0 spiro atoms. The Kier molecular flexibility index (Phi) is 8.37. The zero-order chi connectivity index (χ0) is 24.5. The molecule has 35 heavy (non-hydrogen) atoms. The lowest BCUT2D eigenvalue weighted by Crippen LogP contribution is -2.08. The molecule has 0 N–H and O–H groups in total. The highest BCUT2D eigenvalue weighted by molar-refractivity contribution is 6.18. The molecule has 3 nitrogen and oxygen atoms in total. The third-order valence-electron chi connectivity index (χ3n) is 5.63. The first-order valence-electron chi connectivity index (χ1n) is 11.6. The summed E-state index contributed by atoms with van der Waals surface area (Å²) in [5.41, 5.74) is 6.17. The number of hydrogen-bond acceptors (Lipinski definition) is 3. The molecule has 0 saturated heterocycles. The Bertz CT molecular complexity index is 1260. The van der Waals surface area contributed by atoms with E-state index < -0.39 is 0 Å². The molecule has 0 bridgehead atoms. The van der Waals surface area contributed by atoms with Crippen LogP contribution in [0.3, 0.4) is 0 Å². The fourth-order valence-electron chi connectivity index (χ4n) is 3.98. The second kappa shape index (κ2) is 12.0. The highest BCUT2D eigenvalue weighted by atomic mass is 35.5. The van der Waals surface area contributed by atoms with Gasteiger partial charge in [0.25, 0.3) is 0 Å². The SMILES string of the molecule is CCC(=C(c1ccc(OCCCl)cc1)c1ccc(OC(=O)c2ccccc2)cc1)c1ccccc1. The molecule has 0 aliphatic rings. The average Bonchev–Trinajstić information content (AvgIpc) is 2.92. The smallest absolute Gasteiger partial charge is 0.343 e. The van der Waals surface area contributed by atoms with Gasteiger partial charge in [-0.05, 0) is 70.7 Å². The summed E-state index contributed by atoms with van der Waals surface area (Å²) in [6.07, 6.45) is 0.856. The molecule has 0 atom stereocenters. The Morgan fingerprint density at radius 2 is 1.17 bits per heavy atom. The Morgan fingerprint density at radius 3 is 1.69 bits per heavy atom. The van der Waals surface area contributed by atoms with Crippen molar-refractivity contribution < 1.29 is 14.3 Å². The molecule has 176 valence electrons. The molecular weight excluding hydrogens is 456 g/mol. The number of hydrogen-bond donors (Lipinski definition) is 0. The van der Waals surface area contributed by atoms with E-state index in [2.05, 4.69) is 43.3 Å². The van der Waals surface area contributed by atoms with Crippen LogP contribution in [0.1, 0.15) is 40.4 Å². The molecule has 0 aromatic heterocycles. The summed E-state index contributed by atoms with van der Waals surface area (Å²) in [5, 5.41) is 0. The zero-order valence-corrected chi connectivity index (χ0v) is 20.4. The van der Waals surface area contributed by atoms with E-state index in [4.69, 9.17) is 21.1 Å². The summed E-state index contributed by atoms with van der Waals surface area (Å²) in [4.78, 5) is 12.4. The third kappa shape index (κ3) is 6.20. The number of alkyl halides is 1. The van der Waals surface area contributed by atoms with Crippen molar-refractivity contribution in [2.75, 3.05) is 12.5 Å². The molecule has 0 heterocycles. The lowest BCUT2D eigenvalue weighted by atomic mass is 9.88. The Hall–Kier alpha value is -3.82. The maximum atomic E-state index is 12.4. The normalized spacial score (nSPS) is 11.5. The summed E-state index contributed by atoms with van der Waals surface area (Å²) in [6.45, 7) is 2.63. The number of esters is 1. The first-order chi connectivity index (χ1) is 17.2. The lowest BCUT2D eigenvalue weighted by molar-refractivity contribution is 0.0734. The van der Waals surface area contributed by atoms with Crippen molar-refractivity contribution in [2.45, 2.75) is 13.3 Å². The largest absolute Gasteiger partial charge is 0.492 e. The van der Waals surface area contributed by atoms with Crippen LogP contribution >= 0.6 is 11.6 Å². The molecule has 0 amide bonds. The fraction of sp³-hybridized carbons (Fsp3) is 0.129. The second-order valence-corrected chi connectivity index (χ2v) is 8.29. The maximum absolute atomic E-state index is 12.4. The van der Waals surface area contributed by atoms with Gasteiger partial charge in [0.15, 0.2) is 0 Å². The highest BCUT2D eigenvalue weighted by Gasteiger charge is 2.14. The Morgan fingerprint density at radius 1 is 0.657 bits per heavy atom. The quantitative estimate of drug-likeness (QED) is 0.105. The second-order valence-electron chi connectivity index (χ2n) is 7.91. The van der Waals surface area contributed by atoms with Gasteiger partial charge in [-0.2, -0.15) is 0 Å². The van der Waals surface area contributed by atoms with Crippen molar-refractivity contribution in [1.82, 2.24) is 0 Å². The van der Waals surface area contributed by atoms with E-state index in [0.29, 0.717) is 23.8 Å². The Labute approximate surface area is 211 Å². The van der Waals surface area contributed by atoms with Gasteiger partial charge in [-0.15, -0.1) is 11.6 Å². The molecule has 0 saturated carbocycles.